The zero-order chi connectivity index (χ0) is 16.3. The summed E-state index contributed by atoms with van der Waals surface area (Å²) in [6.07, 6.45) is 8.46. The van der Waals surface area contributed by atoms with Crippen LogP contribution in [0.2, 0.25) is 0 Å². The van der Waals surface area contributed by atoms with Crippen LogP contribution in [0.4, 0.5) is 0 Å². The average molecular weight is 380 g/mol. The van der Waals surface area contributed by atoms with Gasteiger partial charge in [-0.05, 0) is 31.9 Å². The number of rotatable bonds is 9. The van der Waals surface area contributed by atoms with Crippen molar-refractivity contribution in [2.24, 2.45) is 0 Å². The first-order valence-corrected chi connectivity index (χ1v) is 9.22. The number of hydrogen-bond acceptors (Lipinski definition) is 2. The lowest BCUT2D eigenvalue weighted by molar-refractivity contribution is 0.216. The molecule has 0 N–H and O–H groups in total. The molecular weight excluding hydrogens is 359 g/mol. The van der Waals surface area contributed by atoms with Crippen LogP contribution in [0.1, 0.15) is 26.2 Å². The van der Waals surface area contributed by atoms with Gasteiger partial charge in [0.05, 0.1) is 12.5 Å². The lowest BCUT2D eigenvalue weighted by atomic mass is 10.1. The van der Waals surface area contributed by atoms with Crippen LogP contribution >= 0.6 is 46.6 Å². The fraction of sp³-hybridized carbons (Fsp3) is 0.412. The maximum atomic E-state index is 5.67. The molecule has 0 fully saturated rings. The van der Waals surface area contributed by atoms with Gasteiger partial charge < -0.3 is 4.74 Å². The maximum Gasteiger partial charge on any atom is 0.194 e. The Kier molecular flexibility index (Phi) is 10.3. The third-order valence-electron chi connectivity index (χ3n) is 2.82. The second kappa shape index (κ2) is 11.4. The Hall–Kier alpha value is -0.120. The first kappa shape index (κ1) is 19.9. The van der Waals surface area contributed by atoms with Crippen molar-refractivity contribution in [3.63, 3.8) is 0 Å². The number of benzene rings is 1. The molecule has 1 aromatic rings. The Bertz CT molecular complexity index is 467. The molecule has 0 aromatic heterocycles. The highest BCUT2D eigenvalue weighted by Crippen LogP contribution is 2.30. The molecule has 0 atom stereocenters. The summed E-state index contributed by atoms with van der Waals surface area (Å²) in [5, 5.41) is 0. The highest BCUT2D eigenvalue weighted by atomic mass is 35.6. The zero-order valence-electron chi connectivity index (χ0n) is 12.6. The van der Waals surface area contributed by atoms with E-state index in [0.29, 0.717) is 19.0 Å². The summed E-state index contributed by atoms with van der Waals surface area (Å²) in [6, 6.07) is 10.2. The zero-order valence-corrected chi connectivity index (χ0v) is 15.7. The molecule has 0 saturated carbocycles. The van der Waals surface area contributed by atoms with E-state index in [0.717, 1.165) is 12.8 Å². The van der Waals surface area contributed by atoms with Crippen LogP contribution in [0.5, 0.6) is 0 Å². The summed E-state index contributed by atoms with van der Waals surface area (Å²) in [7, 11) is 0. The maximum absolute atomic E-state index is 5.67. The van der Waals surface area contributed by atoms with Gasteiger partial charge >= 0.3 is 0 Å². The minimum absolute atomic E-state index is 0.445. The molecule has 0 heterocycles. The fourth-order valence-electron chi connectivity index (χ4n) is 1.62. The summed E-state index contributed by atoms with van der Waals surface area (Å²) >= 11 is 18.7. The van der Waals surface area contributed by atoms with Gasteiger partial charge in [-0.3, -0.25) is 0 Å². The van der Waals surface area contributed by atoms with Crippen molar-refractivity contribution in [1.29, 1.82) is 0 Å². The van der Waals surface area contributed by atoms with Crippen LogP contribution in [0.25, 0.3) is 0 Å². The Morgan fingerprint density at radius 1 is 1.18 bits per heavy atom. The molecule has 0 aliphatic heterocycles. The van der Waals surface area contributed by atoms with Gasteiger partial charge in [-0.25, -0.2) is 0 Å². The lowest BCUT2D eigenvalue weighted by Gasteiger charge is -2.05. The Labute approximate surface area is 152 Å². The topological polar surface area (TPSA) is 9.23 Å². The standard InChI is InChI=1S/C17H21Cl3OS/c1-15(8-4-3-7-12-17(18,19)20)11-13-21-14-22-16-9-5-2-6-10-16/h2-3,5-7,9-11H,4,8,12-14H2,1H3. The van der Waals surface area contributed by atoms with Crippen molar-refractivity contribution >= 4 is 46.6 Å². The minimum Gasteiger partial charge on any atom is -0.366 e. The highest BCUT2D eigenvalue weighted by Gasteiger charge is 2.16. The van der Waals surface area contributed by atoms with Crippen molar-refractivity contribution in [2.75, 3.05) is 12.5 Å². The van der Waals surface area contributed by atoms with E-state index in [1.807, 2.05) is 30.4 Å². The van der Waals surface area contributed by atoms with Gasteiger partial charge in [-0.2, -0.15) is 0 Å². The SMILES string of the molecule is CC(=CCOCSc1ccccc1)CCC=CCC(Cl)(Cl)Cl. The van der Waals surface area contributed by atoms with Crippen molar-refractivity contribution in [3.05, 3.63) is 54.1 Å². The van der Waals surface area contributed by atoms with E-state index in [4.69, 9.17) is 39.5 Å². The molecule has 122 valence electrons. The number of thioether (sulfide) groups is 1. The first-order valence-electron chi connectivity index (χ1n) is 7.10. The predicted molar refractivity (Wildman–Crippen MR) is 100 cm³/mol. The first-order chi connectivity index (χ1) is 10.5. The predicted octanol–water partition coefficient (Wildman–Crippen LogP) is 6.80. The molecule has 1 aromatic carbocycles. The lowest BCUT2D eigenvalue weighted by Crippen LogP contribution is -1.97. The monoisotopic (exact) mass is 378 g/mol. The van der Waals surface area contributed by atoms with E-state index < -0.39 is 3.79 Å². The molecule has 5 heteroatoms. The van der Waals surface area contributed by atoms with Gasteiger partial charge in [-0.1, -0.05) is 88.6 Å². The minimum atomic E-state index is -1.19. The molecule has 0 spiro atoms. The van der Waals surface area contributed by atoms with Crippen LogP contribution in [0, 0.1) is 0 Å². The molecular formula is C17H21Cl3OS. The molecule has 22 heavy (non-hydrogen) atoms. The van der Waals surface area contributed by atoms with Gasteiger partial charge in [0.2, 0.25) is 0 Å². The average Bonchev–Trinajstić information content (AvgIpc) is 2.46. The van der Waals surface area contributed by atoms with Gasteiger partial charge in [0.25, 0.3) is 0 Å². The van der Waals surface area contributed by atoms with Crippen molar-refractivity contribution < 1.29 is 4.74 Å². The van der Waals surface area contributed by atoms with Crippen LogP contribution in [0.15, 0.2) is 59.0 Å². The smallest absolute Gasteiger partial charge is 0.194 e. The molecule has 0 bridgehead atoms. The number of hydrogen-bond donors (Lipinski definition) is 0. The molecule has 0 unspecified atom stereocenters. The second-order valence-electron chi connectivity index (χ2n) is 4.83. The van der Waals surface area contributed by atoms with E-state index in [-0.39, 0.29) is 0 Å². The fourth-order valence-corrected chi connectivity index (χ4v) is 2.56. The van der Waals surface area contributed by atoms with E-state index in [1.54, 1.807) is 11.8 Å². The Morgan fingerprint density at radius 2 is 1.91 bits per heavy atom. The molecule has 1 rings (SSSR count). The summed E-state index contributed by atoms with van der Waals surface area (Å²) in [6.45, 7) is 2.75. The second-order valence-corrected chi connectivity index (χ2v) is 8.34. The van der Waals surface area contributed by atoms with E-state index in [1.165, 1.54) is 10.5 Å². The number of halogens is 3. The van der Waals surface area contributed by atoms with Crippen LogP contribution in [-0.2, 0) is 4.74 Å². The molecule has 0 amide bonds. The summed E-state index contributed by atoms with van der Waals surface area (Å²) in [5.74, 6) is 0.664. The van der Waals surface area contributed by atoms with E-state index in [2.05, 4.69) is 25.1 Å². The van der Waals surface area contributed by atoms with Crippen molar-refractivity contribution in [3.8, 4) is 0 Å². The summed E-state index contributed by atoms with van der Waals surface area (Å²) in [5.41, 5.74) is 1.31. The van der Waals surface area contributed by atoms with E-state index in [9.17, 15) is 0 Å². The van der Waals surface area contributed by atoms with Crippen LogP contribution in [-0.4, -0.2) is 16.3 Å². The molecule has 0 aliphatic carbocycles. The van der Waals surface area contributed by atoms with Gasteiger partial charge in [0.1, 0.15) is 0 Å². The summed E-state index contributed by atoms with van der Waals surface area (Å²) in [4.78, 5) is 1.22. The Balaban J connectivity index is 2.08. The number of alkyl halides is 3. The van der Waals surface area contributed by atoms with E-state index >= 15 is 0 Å². The summed E-state index contributed by atoms with van der Waals surface area (Å²) < 4.78 is 4.41. The largest absolute Gasteiger partial charge is 0.366 e. The molecule has 1 nitrogen and oxygen atoms in total. The third kappa shape index (κ3) is 11.4. The van der Waals surface area contributed by atoms with Gasteiger partial charge in [0.15, 0.2) is 3.79 Å². The van der Waals surface area contributed by atoms with Crippen LogP contribution in [0.3, 0.4) is 0 Å². The van der Waals surface area contributed by atoms with Crippen LogP contribution < -0.4 is 0 Å². The molecule has 0 radical (unpaired) electrons. The number of ether oxygens (including phenoxy) is 1. The number of allylic oxidation sites excluding steroid dienone is 3. The van der Waals surface area contributed by atoms with Gasteiger partial charge in [0, 0.05) is 11.3 Å². The van der Waals surface area contributed by atoms with Crippen molar-refractivity contribution in [1.82, 2.24) is 0 Å². The third-order valence-corrected chi connectivity index (χ3v) is 4.18. The quantitative estimate of drug-likeness (QED) is 0.153. The normalized spacial score (nSPS) is 13.0. The highest BCUT2D eigenvalue weighted by molar-refractivity contribution is 7.99. The Morgan fingerprint density at radius 3 is 2.59 bits per heavy atom. The van der Waals surface area contributed by atoms with Gasteiger partial charge in [-0.15, -0.1) is 0 Å². The molecule has 0 aliphatic rings. The molecule has 0 saturated heterocycles. The van der Waals surface area contributed by atoms with Crippen molar-refractivity contribution in [2.45, 2.75) is 34.9 Å².